The van der Waals surface area contributed by atoms with Crippen LogP contribution in [0.4, 0.5) is 0 Å². The molecule has 1 heterocycles. The Hall–Kier alpha value is -2.37. The number of hydrogen-bond acceptors (Lipinski definition) is 3. The number of hydrogen-bond donors (Lipinski definition) is 0. The Bertz CT molecular complexity index is 566. The van der Waals surface area contributed by atoms with Crippen LogP contribution in [0.5, 0.6) is 0 Å². The molecule has 23 heavy (non-hydrogen) atoms. The Labute approximate surface area is 136 Å². The molecule has 1 aliphatic rings. The molecule has 0 bridgehead atoms. The van der Waals surface area contributed by atoms with Crippen molar-refractivity contribution in [3.8, 4) is 0 Å². The molecule has 1 fully saturated rings. The highest BCUT2D eigenvalue weighted by Crippen LogP contribution is 2.08. The van der Waals surface area contributed by atoms with Gasteiger partial charge in [0.25, 0.3) is 0 Å². The van der Waals surface area contributed by atoms with E-state index in [4.69, 9.17) is 0 Å². The smallest absolute Gasteiger partial charge is 0.312 e. The van der Waals surface area contributed by atoms with E-state index in [-0.39, 0.29) is 5.91 Å². The first kappa shape index (κ1) is 17.0. The molecule has 6 heteroatoms. The van der Waals surface area contributed by atoms with E-state index in [0.717, 1.165) is 5.56 Å². The van der Waals surface area contributed by atoms with Crippen LogP contribution in [-0.2, 0) is 20.9 Å². The van der Waals surface area contributed by atoms with Gasteiger partial charge in [0.1, 0.15) is 0 Å². The van der Waals surface area contributed by atoms with Crippen LogP contribution in [0.15, 0.2) is 30.3 Å². The summed E-state index contributed by atoms with van der Waals surface area (Å²) in [7, 11) is 0. The molecular weight excluding hydrogens is 294 g/mol. The Morgan fingerprint density at radius 3 is 2.09 bits per heavy atom. The highest BCUT2D eigenvalue weighted by Gasteiger charge is 2.29. The van der Waals surface area contributed by atoms with E-state index in [2.05, 4.69) is 0 Å². The lowest BCUT2D eigenvalue weighted by molar-refractivity contribution is -0.153. The molecule has 3 amide bonds. The topological polar surface area (TPSA) is 60.9 Å². The summed E-state index contributed by atoms with van der Waals surface area (Å²) < 4.78 is 0. The summed E-state index contributed by atoms with van der Waals surface area (Å²) in [4.78, 5) is 40.9. The predicted octanol–water partition coefficient (Wildman–Crippen LogP) is 0.726. The van der Waals surface area contributed by atoms with Crippen LogP contribution in [0, 0.1) is 0 Å². The lowest BCUT2D eigenvalue weighted by Gasteiger charge is -2.34. The number of carbonyl (C=O) groups excluding carboxylic acids is 3. The summed E-state index contributed by atoms with van der Waals surface area (Å²) in [5.74, 6) is -0.957. The van der Waals surface area contributed by atoms with E-state index in [1.807, 2.05) is 37.3 Å². The number of carbonyl (C=O) groups is 3. The quantitative estimate of drug-likeness (QED) is 0.772. The fourth-order valence-electron chi connectivity index (χ4n) is 2.63. The molecule has 1 aliphatic heterocycles. The third-order valence-corrected chi connectivity index (χ3v) is 4.08. The third kappa shape index (κ3) is 4.31. The van der Waals surface area contributed by atoms with Gasteiger partial charge in [-0.25, -0.2) is 0 Å². The number of amides is 3. The Morgan fingerprint density at radius 1 is 1.00 bits per heavy atom. The lowest BCUT2D eigenvalue weighted by Crippen LogP contribution is -2.54. The molecular formula is C17H23N3O3. The van der Waals surface area contributed by atoms with Crippen molar-refractivity contribution in [1.82, 2.24) is 14.7 Å². The maximum atomic E-state index is 12.4. The predicted molar refractivity (Wildman–Crippen MR) is 86.4 cm³/mol. The average molecular weight is 317 g/mol. The second kappa shape index (κ2) is 7.76. The molecule has 0 unspecified atom stereocenters. The Balaban J connectivity index is 1.95. The van der Waals surface area contributed by atoms with Gasteiger partial charge in [0.2, 0.25) is 5.91 Å². The summed E-state index contributed by atoms with van der Waals surface area (Å²) in [6.07, 6.45) is 0. The fraction of sp³-hybridized carbons (Fsp3) is 0.471. The second-order valence-electron chi connectivity index (χ2n) is 5.60. The van der Waals surface area contributed by atoms with E-state index in [9.17, 15) is 14.4 Å². The monoisotopic (exact) mass is 317 g/mol. The van der Waals surface area contributed by atoms with E-state index in [1.165, 1.54) is 11.8 Å². The molecule has 2 rings (SSSR count). The van der Waals surface area contributed by atoms with Gasteiger partial charge < -0.3 is 14.7 Å². The van der Waals surface area contributed by atoms with Crippen molar-refractivity contribution in [2.75, 3.05) is 32.7 Å². The zero-order chi connectivity index (χ0) is 16.8. The Morgan fingerprint density at radius 2 is 1.57 bits per heavy atom. The molecule has 1 aromatic carbocycles. The minimum atomic E-state index is -0.481. The molecule has 0 aromatic heterocycles. The number of likely N-dealkylation sites (N-methyl/N-ethyl adjacent to an activating group) is 1. The van der Waals surface area contributed by atoms with Gasteiger partial charge in [-0.05, 0) is 12.5 Å². The highest BCUT2D eigenvalue weighted by molar-refractivity contribution is 6.34. The summed E-state index contributed by atoms with van der Waals surface area (Å²) >= 11 is 0. The van der Waals surface area contributed by atoms with E-state index in [1.54, 1.807) is 9.80 Å². The van der Waals surface area contributed by atoms with Crippen molar-refractivity contribution in [1.29, 1.82) is 0 Å². The van der Waals surface area contributed by atoms with Crippen molar-refractivity contribution in [2.24, 2.45) is 0 Å². The van der Waals surface area contributed by atoms with Crippen molar-refractivity contribution in [2.45, 2.75) is 20.4 Å². The molecule has 0 N–H and O–H groups in total. The zero-order valence-corrected chi connectivity index (χ0v) is 13.7. The van der Waals surface area contributed by atoms with Gasteiger partial charge in [-0.1, -0.05) is 30.3 Å². The first-order valence-electron chi connectivity index (χ1n) is 7.90. The normalized spacial score (nSPS) is 14.5. The van der Waals surface area contributed by atoms with Crippen LogP contribution >= 0.6 is 0 Å². The number of rotatable bonds is 3. The molecule has 0 radical (unpaired) electrons. The van der Waals surface area contributed by atoms with Crippen molar-refractivity contribution >= 4 is 17.7 Å². The van der Waals surface area contributed by atoms with Gasteiger partial charge in [0, 0.05) is 46.2 Å². The molecule has 124 valence electrons. The maximum absolute atomic E-state index is 12.4. The van der Waals surface area contributed by atoms with Crippen molar-refractivity contribution in [3.63, 3.8) is 0 Å². The molecule has 0 saturated carbocycles. The van der Waals surface area contributed by atoms with Gasteiger partial charge in [0.15, 0.2) is 0 Å². The van der Waals surface area contributed by atoms with Gasteiger partial charge >= 0.3 is 11.8 Å². The minimum Gasteiger partial charge on any atom is -0.339 e. The first-order valence-corrected chi connectivity index (χ1v) is 7.90. The van der Waals surface area contributed by atoms with E-state index >= 15 is 0 Å². The molecule has 1 aromatic rings. The van der Waals surface area contributed by atoms with Crippen LogP contribution in [-0.4, -0.2) is 65.1 Å². The van der Waals surface area contributed by atoms with Crippen LogP contribution < -0.4 is 0 Å². The molecule has 1 saturated heterocycles. The van der Waals surface area contributed by atoms with E-state index in [0.29, 0.717) is 39.3 Å². The summed E-state index contributed by atoms with van der Waals surface area (Å²) in [6.45, 7) is 6.07. The van der Waals surface area contributed by atoms with Crippen LogP contribution in [0.25, 0.3) is 0 Å². The highest BCUT2D eigenvalue weighted by atomic mass is 16.2. The van der Waals surface area contributed by atoms with Gasteiger partial charge in [0.05, 0.1) is 0 Å². The number of piperazine rings is 1. The van der Waals surface area contributed by atoms with Gasteiger partial charge in [-0.2, -0.15) is 0 Å². The maximum Gasteiger partial charge on any atom is 0.312 e. The summed E-state index contributed by atoms with van der Waals surface area (Å²) in [6, 6.07) is 9.62. The second-order valence-corrected chi connectivity index (χ2v) is 5.60. The van der Waals surface area contributed by atoms with Crippen LogP contribution in [0.1, 0.15) is 19.4 Å². The van der Waals surface area contributed by atoms with Crippen molar-refractivity contribution in [3.05, 3.63) is 35.9 Å². The Kier molecular flexibility index (Phi) is 5.73. The largest absolute Gasteiger partial charge is 0.339 e. The first-order chi connectivity index (χ1) is 11.0. The average Bonchev–Trinajstić information content (AvgIpc) is 2.59. The SMILES string of the molecule is CCN(Cc1ccccc1)C(=O)C(=O)N1CCN(C(C)=O)CC1. The van der Waals surface area contributed by atoms with Crippen LogP contribution in [0.3, 0.4) is 0 Å². The molecule has 0 spiro atoms. The van der Waals surface area contributed by atoms with Crippen molar-refractivity contribution < 1.29 is 14.4 Å². The van der Waals surface area contributed by atoms with Gasteiger partial charge in [-0.3, -0.25) is 14.4 Å². The third-order valence-electron chi connectivity index (χ3n) is 4.08. The summed E-state index contributed by atoms with van der Waals surface area (Å²) in [5.41, 5.74) is 0.997. The number of benzene rings is 1. The van der Waals surface area contributed by atoms with Gasteiger partial charge in [-0.15, -0.1) is 0 Å². The lowest BCUT2D eigenvalue weighted by atomic mass is 10.2. The van der Waals surface area contributed by atoms with E-state index < -0.39 is 11.8 Å². The standard InChI is InChI=1S/C17H23N3O3/c1-3-18(13-15-7-5-4-6-8-15)16(22)17(23)20-11-9-19(10-12-20)14(2)21/h4-8H,3,9-13H2,1-2H3. The number of nitrogens with zero attached hydrogens (tertiary/aromatic N) is 3. The zero-order valence-electron chi connectivity index (χ0n) is 13.7. The minimum absolute atomic E-state index is 0.00249. The van der Waals surface area contributed by atoms with Crippen LogP contribution in [0.2, 0.25) is 0 Å². The molecule has 0 aliphatic carbocycles. The molecule has 0 atom stereocenters. The fourth-order valence-corrected chi connectivity index (χ4v) is 2.63. The summed E-state index contributed by atoms with van der Waals surface area (Å²) in [5, 5.41) is 0. The molecule has 6 nitrogen and oxygen atoms in total.